The Morgan fingerprint density at radius 1 is 0.717 bits per heavy atom. The molecule has 53 heavy (non-hydrogen) atoms. The summed E-state index contributed by atoms with van der Waals surface area (Å²) in [5.41, 5.74) is 4.64. The highest BCUT2D eigenvalue weighted by Gasteiger charge is 2.39. The summed E-state index contributed by atoms with van der Waals surface area (Å²) in [5.74, 6) is -0.244. The maximum Gasteiger partial charge on any atom is 0.228 e. The molecule has 0 saturated carbocycles. The molecule has 4 atom stereocenters. The van der Waals surface area contributed by atoms with Crippen LogP contribution < -0.4 is 5.32 Å². The van der Waals surface area contributed by atoms with Crippen molar-refractivity contribution < 1.29 is 47.9 Å². The number of Topliss-reactive ketones (excluding diaryl/α,β-unsaturated/α-hetero) is 1. The van der Waals surface area contributed by atoms with E-state index in [1.807, 2.05) is 48.5 Å². The van der Waals surface area contributed by atoms with Crippen LogP contribution in [0.4, 0.5) is 5.69 Å². The first kappa shape index (κ1) is 40.6. The second kappa shape index (κ2) is 22.0. The van der Waals surface area contributed by atoms with Gasteiger partial charge in [0, 0.05) is 42.4 Å². The molecule has 0 radical (unpaired) electrons. The number of rotatable bonds is 9. The van der Waals surface area contributed by atoms with Gasteiger partial charge in [0.1, 0.15) is 0 Å². The van der Waals surface area contributed by atoms with Crippen LogP contribution in [0.3, 0.4) is 0 Å². The minimum absolute atomic E-state index is 0.00500. The second-order valence-corrected chi connectivity index (χ2v) is 13.3. The number of aliphatic hydroxyl groups excluding tert-OH is 1. The normalized spacial score (nSPS) is 23.4. The van der Waals surface area contributed by atoms with Gasteiger partial charge in [0.05, 0.1) is 91.3 Å². The molecular weight excluding hydrogens is 680 g/mol. The van der Waals surface area contributed by atoms with E-state index in [0.717, 1.165) is 22.3 Å². The van der Waals surface area contributed by atoms with Crippen LogP contribution in [0.2, 0.25) is 0 Å². The molecule has 0 spiro atoms. The molecule has 0 bridgehead atoms. The lowest BCUT2D eigenvalue weighted by atomic mass is 9.90. The number of ketones is 1. The SMILES string of the molecule is CC(=O)c1cccc(NC(=O)Cc2ccc(C3O[C@H](CN4CCOCCOCCOCCOCCOCC4)[C@H](C)[C@H](c4ccc(CO)cc4)O3)cc2)c1. The molecule has 1 amide bonds. The molecule has 1 unspecified atom stereocenters. The summed E-state index contributed by atoms with van der Waals surface area (Å²) in [6.07, 6.45) is -0.949. The molecule has 288 valence electrons. The topological polar surface area (TPSA) is 134 Å². The predicted octanol–water partition coefficient (Wildman–Crippen LogP) is 4.75. The zero-order valence-electron chi connectivity index (χ0n) is 30.9. The van der Waals surface area contributed by atoms with Crippen LogP contribution >= 0.6 is 0 Å². The number of hydrogen-bond donors (Lipinski definition) is 2. The molecule has 2 N–H and O–H groups in total. The number of hydrogen-bond acceptors (Lipinski definition) is 11. The molecule has 2 heterocycles. The van der Waals surface area contributed by atoms with Crippen LogP contribution in [0.25, 0.3) is 0 Å². The van der Waals surface area contributed by atoms with Crippen molar-refractivity contribution in [3.05, 3.63) is 101 Å². The molecule has 0 aromatic heterocycles. The Labute approximate surface area is 312 Å². The molecule has 5 rings (SSSR count). The fourth-order valence-corrected chi connectivity index (χ4v) is 6.25. The zero-order chi connectivity index (χ0) is 37.3. The minimum Gasteiger partial charge on any atom is -0.392 e. The van der Waals surface area contributed by atoms with Crippen molar-refractivity contribution in [2.45, 2.75) is 45.4 Å². The van der Waals surface area contributed by atoms with Crippen LogP contribution in [0, 0.1) is 5.92 Å². The van der Waals surface area contributed by atoms with E-state index in [1.165, 1.54) is 6.92 Å². The van der Waals surface area contributed by atoms with E-state index in [0.29, 0.717) is 97.0 Å². The smallest absolute Gasteiger partial charge is 0.228 e. The number of amides is 1. The van der Waals surface area contributed by atoms with E-state index in [-0.39, 0.29) is 42.8 Å². The van der Waals surface area contributed by atoms with Crippen molar-refractivity contribution in [1.82, 2.24) is 4.90 Å². The maximum absolute atomic E-state index is 12.9. The van der Waals surface area contributed by atoms with Gasteiger partial charge < -0.3 is 43.6 Å². The first-order valence-electron chi connectivity index (χ1n) is 18.5. The van der Waals surface area contributed by atoms with Gasteiger partial charge in [0.15, 0.2) is 12.1 Å². The standard InChI is InChI=1S/C41H54N2O10/c1-30-38(28-43-14-16-47-18-20-49-22-24-51-25-23-50-21-19-48-17-15-43)52-41(53-40(30)34-10-8-33(29-44)9-11-34)35-12-6-32(7-13-35)26-39(46)42-37-5-3-4-36(27-37)31(2)45/h3-13,27,30,38,40-41,44H,14-26,28-29H2,1-2H3,(H,42,46)/t30-,38+,40+,41?/m0/s1. The number of nitrogens with zero attached hydrogens (tertiary/aromatic N) is 1. The van der Waals surface area contributed by atoms with E-state index >= 15 is 0 Å². The first-order chi connectivity index (χ1) is 25.9. The van der Waals surface area contributed by atoms with Crippen molar-refractivity contribution in [2.75, 3.05) is 91.0 Å². The Balaban J connectivity index is 1.26. The van der Waals surface area contributed by atoms with Crippen LogP contribution in [-0.4, -0.2) is 114 Å². The summed E-state index contributed by atoms with van der Waals surface area (Å²) in [5, 5.41) is 12.5. The Kier molecular flexibility index (Phi) is 16.8. The van der Waals surface area contributed by atoms with Crippen LogP contribution in [0.15, 0.2) is 72.8 Å². The average Bonchev–Trinajstić information content (AvgIpc) is 3.16. The third-order valence-corrected chi connectivity index (χ3v) is 9.32. The fourth-order valence-electron chi connectivity index (χ4n) is 6.25. The lowest BCUT2D eigenvalue weighted by Gasteiger charge is -2.43. The summed E-state index contributed by atoms with van der Waals surface area (Å²) in [6, 6.07) is 22.5. The van der Waals surface area contributed by atoms with Crippen molar-refractivity contribution in [1.29, 1.82) is 0 Å². The second-order valence-electron chi connectivity index (χ2n) is 13.3. The molecule has 2 fully saturated rings. The average molecular weight is 735 g/mol. The van der Waals surface area contributed by atoms with Gasteiger partial charge in [0.25, 0.3) is 0 Å². The highest BCUT2D eigenvalue weighted by molar-refractivity contribution is 5.97. The van der Waals surface area contributed by atoms with E-state index in [2.05, 4.69) is 17.1 Å². The number of aliphatic hydroxyl groups is 1. The molecular formula is C41H54N2O10. The van der Waals surface area contributed by atoms with Gasteiger partial charge in [-0.1, -0.05) is 67.6 Å². The lowest BCUT2D eigenvalue weighted by molar-refractivity contribution is -0.276. The minimum atomic E-state index is -0.651. The summed E-state index contributed by atoms with van der Waals surface area (Å²) >= 11 is 0. The van der Waals surface area contributed by atoms with Crippen molar-refractivity contribution in [3.8, 4) is 0 Å². The Hall–Kier alpha value is -3.56. The highest BCUT2D eigenvalue weighted by Crippen LogP contribution is 2.42. The van der Waals surface area contributed by atoms with Crippen LogP contribution in [-0.2, 0) is 51.0 Å². The number of carbonyl (C=O) groups excluding carboxylic acids is 2. The largest absolute Gasteiger partial charge is 0.392 e. The van der Waals surface area contributed by atoms with E-state index in [9.17, 15) is 14.7 Å². The van der Waals surface area contributed by atoms with Gasteiger partial charge in [-0.15, -0.1) is 0 Å². The summed E-state index contributed by atoms with van der Waals surface area (Å²) in [7, 11) is 0. The summed E-state index contributed by atoms with van der Waals surface area (Å²) in [6.45, 7) is 10.7. The van der Waals surface area contributed by atoms with Crippen molar-refractivity contribution in [2.24, 2.45) is 5.92 Å². The van der Waals surface area contributed by atoms with Crippen molar-refractivity contribution in [3.63, 3.8) is 0 Å². The third kappa shape index (κ3) is 13.4. The monoisotopic (exact) mass is 734 g/mol. The molecule has 2 saturated heterocycles. The Morgan fingerprint density at radius 3 is 1.83 bits per heavy atom. The quantitative estimate of drug-likeness (QED) is 0.295. The number of benzene rings is 3. The molecule has 12 nitrogen and oxygen atoms in total. The van der Waals surface area contributed by atoms with Gasteiger partial charge in [0.2, 0.25) is 5.91 Å². The molecule has 2 aliphatic rings. The third-order valence-electron chi connectivity index (χ3n) is 9.32. The van der Waals surface area contributed by atoms with Crippen LogP contribution in [0.1, 0.15) is 58.9 Å². The van der Waals surface area contributed by atoms with Gasteiger partial charge >= 0.3 is 0 Å². The van der Waals surface area contributed by atoms with Gasteiger partial charge in [-0.25, -0.2) is 0 Å². The van der Waals surface area contributed by atoms with Gasteiger partial charge in [-0.05, 0) is 35.7 Å². The van der Waals surface area contributed by atoms with E-state index in [4.69, 9.17) is 33.2 Å². The van der Waals surface area contributed by atoms with E-state index < -0.39 is 6.29 Å². The van der Waals surface area contributed by atoms with Crippen LogP contribution in [0.5, 0.6) is 0 Å². The lowest BCUT2D eigenvalue weighted by Crippen LogP contribution is -2.46. The molecule has 3 aromatic carbocycles. The fraction of sp³-hybridized carbons (Fsp3) is 0.512. The van der Waals surface area contributed by atoms with Gasteiger partial charge in [-0.3, -0.25) is 14.5 Å². The Bertz CT molecular complexity index is 1520. The Morgan fingerprint density at radius 2 is 1.26 bits per heavy atom. The molecule has 3 aromatic rings. The van der Waals surface area contributed by atoms with Gasteiger partial charge in [-0.2, -0.15) is 0 Å². The summed E-state index contributed by atoms with van der Waals surface area (Å²) < 4.78 is 42.0. The summed E-state index contributed by atoms with van der Waals surface area (Å²) in [4.78, 5) is 26.9. The molecule has 2 aliphatic heterocycles. The first-order valence-corrected chi connectivity index (χ1v) is 18.5. The molecule has 12 heteroatoms. The van der Waals surface area contributed by atoms with Crippen molar-refractivity contribution >= 4 is 17.4 Å². The number of anilines is 1. The number of nitrogens with one attached hydrogen (secondary N) is 1. The zero-order valence-corrected chi connectivity index (χ0v) is 30.9. The van der Waals surface area contributed by atoms with E-state index in [1.54, 1.807) is 24.3 Å². The highest BCUT2D eigenvalue weighted by atomic mass is 16.7. The number of ether oxygens (including phenoxy) is 7. The predicted molar refractivity (Wildman–Crippen MR) is 199 cm³/mol. The molecule has 0 aliphatic carbocycles. The number of carbonyl (C=O) groups is 2. The maximum atomic E-state index is 12.9.